The Balaban J connectivity index is 1.82. The fourth-order valence-electron chi connectivity index (χ4n) is 4.88. The van der Waals surface area contributed by atoms with Crippen molar-refractivity contribution in [3.63, 3.8) is 0 Å². The number of hydrogen-bond acceptors (Lipinski definition) is 4. The van der Waals surface area contributed by atoms with Gasteiger partial charge in [-0.05, 0) is 61.2 Å². The van der Waals surface area contributed by atoms with E-state index in [1.54, 1.807) is 61.5 Å². The lowest BCUT2D eigenvalue weighted by atomic mass is 10.0. The first-order valence-electron chi connectivity index (χ1n) is 14.6. The highest BCUT2D eigenvalue weighted by atomic mass is 35.5. The third-order valence-electron chi connectivity index (χ3n) is 7.56. The highest BCUT2D eigenvalue weighted by Crippen LogP contribution is 2.28. The van der Waals surface area contributed by atoms with Crippen molar-refractivity contribution in [2.75, 3.05) is 10.8 Å². The highest BCUT2D eigenvalue weighted by Gasteiger charge is 2.35. The number of amides is 2. The lowest BCUT2D eigenvalue weighted by Gasteiger charge is -2.34. The Bertz CT molecular complexity index is 1670. The predicted octanol–water partition coefficient (Wildman–Crippen LogP) is 6.40. The van der Waals surface area contributed by atoms with E-state index in [0.29, 0.717) is 28.3 Å². The molecule has 0 radical (unpaired) electrons. The monoisotopic (exact) mass is 631 g/mol. The molecule has 9 heteroatoms. The predicted molar refractivity (Wildman–Crippen MR) is 176 cm³/mol. The van der Waals surface area contributed by atoms with E-state index in [1.807, 2.05) is 56.3 Å². The van der Waals surface area contributed by atoms with E-state index >= 15 is 0 Å². The van der Waals surface area contributed by atoms with Gasteiger partial charge in [0, 0.05) is 24.0 Å². The van der Waals surface area contributed by atoms with Gasteiger partial charge in [-0.15, -0.1) is 0 Å². The molecule has 2 amide bonds. The average molecular weight is 632 g/mol. The largest absolute Gasteiger partial charge is 0.352 e. The Morgan fingerprint density at radius 1 is 0.841 bits per heavy atom. The van der Waals surface area contributed by atoms with Crippen molar-refractivity contribution in [2.24, 2.45) is 0 Å². The summed E-state index contributed by atoms with van der Waals surface area (Å²) < 4.78 is 29.3. The van der Waals surface area contributed by atoms with Crippen LogP contribution in [0.2, 0.25) is 5.02 Å². The molecule has 0 spiro atoms. The molecular formula is C35H38ClN3O4S. The van der Waals surface area contributed by atoms with Gasteiger partial charge in [0.1, 0.15) is 12.6 Å². The Morgan fingerprint density at radius 2 is 1.43 bits per heavy atom. The van der Waals surface area contributed by atoms with Crippen LogP contribution in [0.25, 0.3) is 0 Å². The zero-order chi connectivity index (χ0) is 31.7. The minimum Gasteiger partial charge on any atom is -0.352 e. The maximum atomic E-state index is 14.5. The number of aryl methyl sites for hydroxylation is 1. The number of para-hydroxylation sites is 1. The number of halogens is 1. The maximum Gasteiger partial charge on any atom is 0.264 e. The second-order valence-corrected chi connectivity index (χ2v) is 13.0. The molecule has 7 nitrogen and oxygen atoms in total. The Morgan fingerprint density at radius 3 is 2.07 bits per heavy atom. The maximum absolute atomic E-state index is 14.5. The third kappa shape index (κ3) is 8.07. The second-order valence-electron chi connectivity index (χ2n) is 10.7. The first-order chi connectivity index (χ1) is 21.1. The summed E-state index contributed by atoms with van der Waals surface area (Å²) in [6.07, 6.45) is 0.938. The minimum absolute atomic E-state index is 0.0108. The summed E-state index contributed by atoms with van der Waals surface area (Å²) in [6, 6.07) is 30.6. The first-order valence-corrected chi connectivity index (χ1v) is 16.4. The fourth-order valence-corrected chi connectivity index (χ4v) is 6.58. The van der Waals surface area contributed by atoms with Crippen LogP contribution in [-0.2, 0) is 32.6 Å². The Hall–Kier alpha value is -4.14. The van der Waals surface area contributed by atoms with E-state index in [9.17, 15) is 18.0 Å². The SMILES string of the molecule is CCC(C)NC(=O)C(Cc1ccccc1)N(Cc1ccccc1Cl)C(=O)CN(c1ccccc1C)S(=O)(=O)c1ccccc1. The zero-order valence-electron chi connectivity index (χ0n) is 25.2. The molecule has 1 N–H and O–H groups in total. The van der Waals surface area contributed by atoms with Gasteiger partial charge in [0.2, 0.25) is 11.8 Å². The summed E-state index contributed by atoms with van der Waals surface area (Å²) in [6.45, 7) is 5.17. The summed E-state index contributed by atoms with van der Waals surface area (Å²) in [4.78, 5) is 29.9. The smallest absolute Gasteiger partial charge is 0.264 e. The average Bonchev–Trinajstić information content (AvgIpc) is 3.03. The van der Waals surface area contributed by atoms with Gasteiger partial charge in [-0.3, -0.25) is 13.9 Å². The molecule has 0 fully saturated rings. The lowest BCUT2D eigenvalue weighted by molar-refractivity contribution is -0.140. The normalized spacial score (nSPS) is 12.6. The van der Waals surface area contributed by atoms with Gasteiger partial charge in [-0.2, -0.15) is 0 Å². The molecule has 0 saturated carbocycles. The fraction of sp³-hybridized carbons (Fsp3) is 0.257. The summed E-state index contributed by atoms with van der Waals surface area (Å²) in [5, 5.41) is 3.48. The van der Waals surface area contributed by atoms with Crippen molar-refractivity contribution in [2.45, 2.75) is 57.1 Å². The topological polar surface area (TPSA) is 86.8 Å². The number of nitrogens with zero attached hydrogens (tertiary/aromatic N) is 2. The van der Waals surface area contributed by atoms with E-state index in [0.717, 1.165) is 9.87 Å². The van der Waals surface area contributed by atoms with Gasteiger partial charge < -0.3 is 10.2 Å². The minimum atomic E-state index is -4.15. The molecule has 0 aliphatic rings. The molecule has 44 heavy (non-hydrogen) atoms. The van der Waals surface area contributed by atoms with Crippen molar-refractivity contribution in [3.8, 4) is 0 Å². The van der Waals surface area contributed by atoms with Crippen LogP contribution in [-0.4, -0.2) is 43.8 Å². The van der Waals surface area contributed by atoms with Gasteiger partial charge >= 0.3 is 0 Å². The van der Waals surface area contributed by atoms with Gasteiger partial charge in [0.15, 0.2) is 0 Å². The second kappa shape index (κ2) is 15.0. The summed E-state index contributed by atoms with van der Waals surface area (Å²) in [5.74, 6) is -0.857. The van der Waals surface area contributed by atoms with Crippen LogP contribution in [0.15, 0.2) is 114 Å². The van der Waals surface area contributed by atoms with Crippen LogP contribution in [0.1, 0.15) is 37.0 Å². The number of nitrogens with one attached hydrogen (secondary N) is 1. The third-order valence-corrected chi connectivity index (χ3v) is 9.71. The van der Waals surface area contributed by atoms with Crippen LogP contribution in [0.4, 0.5) is 5.69 Å². The molecule has 230 valence electrons. The van der Waals surface area contributed by atoms with E-state index in [2.05, 4.69) is 5.32 Å². The molecule has 0 aliphatic heterocycles. The molecule has 0 aromatic heterocycles. The van der Waals surface area contributed by atoms with Crippen molar-refractivity contribution < 1.29 is 18.0 Å². The molecule has 2 unspecified atom stereocenters. The molecule has 0 aliphatic carbocycles. The Kier molecular flexibility index (Phi) is 11.2. The van der Waals surface area contributed by atoms with Gasteiger partial charge in [-0.1, -0.05) is 103 Å². The summed E-state index contributed by atoms with van der Waals surface area (Å²) >= 11 is 6.55. The van der Waals surface area contributed by atoms with Gasteiger partial charge in [0.05, 0.1) is 10.6 Å². The molecule has 0 heterocycles. The van der Waals surface area contributed by atoms with Gasteiger partial charge in [0.25, 0.3) is 10.0 Å². The standard InChI is InChI=1S/C35H38ClN3O4S/c1-4-27(3)37-35(41)33(23-28-16-7-5-8-17-28)38(24-29-18-12-13-21-31(29)36)34(40)25-39(32-22-14-11-15-26(32)2)44(42,43)30-19-9-6-10-20-30/h5-22,27,33H,4,23-25H2,1-3H3,(H,37,41). The zero-order valence-corrected chi connectivity index (χ0v) is 26.8. The molecule has 0 bridgehead atoms. The van der Waals surface area contributed by atoms with Crippen LogP contribution in [0.5, 0.6) is 0 Å². The number of carbonyl (C=O) groups is 2. The molecule has 4 rings (SSSR count). The number of anilines is 1. The number of benzene rings is 4. The van der Waals surface area contributed by atoms with E-state index in [1.165, 1.54) is 17.0 Å². The first kappa shape index (κ1) is 32.8. The van der Waals surface area contributed by atoms with Crippen LogP contribution in [0, 0.1) is 6.92 Å². The van der Waals surface area contributed by atoms with Crippen molar-refractivity contribution in [1.29, 1.82) is 0 Å². The van der Waals surface area contributed by atoms with Crippen molar-refractivity contribution >= 4 is 39.1 Å². The molecule has 0 saturated heterocycles. The van der Waals surface area contributed by atoms with Crippen molar-refractivity contribution in [3.05, 3.63) is 131 Å². The van der Waals surface area contributed by atoms with Crippen LogP contribution >= 0.6 is 11.6 Å². The number of rotatable bonds is 13. The summed E-state index contributed by atoms with van der Waals surface area (Å²) in [5.41, 5.74) is 2.57. The molecule has 4 aromatic carbocycles. The van der Waals surface area contributed by atoms with E-state index < -0.39 is 28.5 Å². The molecular weight excluding hydrogens is 594 g/mol. The van der Waals surface area contributed by atoms with Crippen LogP contribution < -0.4 is 9.62 Å². The number of hydrogen-bond donors (Lipinski definition) is 1. The van der Waals surface area contributed by atoms with Crippen molar-refractivity contribution in [1.82, 2.24) is 10.2 Å². The number of carbonyl (C=O) groups excluding carboxylic acids is 2. The van der Waals surface area contributed by atoms with E-state index in [4.69, 9.17) is 11.6 Å². The Labute approximate surface area is 265 Å². The van der Waals surface area contributed by atoms with Gasteiger partial charge in [-0.25, -0.2) is 8.42 Å². The molecule has 4 aromatic rings. The number of sulfonamides is 1. The highest BCUT2D eigenvalue weighted by molar-refractivity contribution is 7.92. The quantitative estimate of drug-likeness (QED) is 0.185. The molecule has 2 atom stereocenters. The summed E-state index contributed by atoms with van der Waals surface area (Å²) in [7, 11) is -4.15. The van der Waals surface area contributed by atoms with Crippen LogP contribution in [0.3, 0.4) is 0 Å². The van der Waals surface area contributed by atoms with E-state index in [-0.39, 0.29) is 29.8 Å². The lowest BCUT2D eigenvalue weighted by Crippen LogP contribution is -2.54.